The molecule has 1 radical (unpaired) electrons. The van der Waals surface area contributed by atoms with E-state index in [-0.39, 0.29) is 5.78 Å². The van der Waals surface area contributed by atoms with E-state index in [2.05, 4.69) is 4.90 Å². The number of amides is 1. The van der Waals surface area contributed by atoms with Crippen molar-refractivity contribution in [3.8, 4) is 0 Å². The van der Waals surface area contributed by atoms with Gasteiger partial charge in [-0.05, 0) is 31.2 Å². The first-order chi connectivity index (χ1) is 8.20. The van der Waals surface area contributed by atoms with Gasteiger partial charge in [-0.25, -0.2) is 0 Å². The molecule has 0 bridgehead atoms. The van der Waals surface area contributed by atoms with Crippen LogP contribution in [0, 0.1) is 0 Å². The summed E-state index contributed by atoms with van der Waals surface area (Å²) in [5, 5.41) is 0. The third-order valence-electron chi connectivity index (χ3n) is 3.05. The normalized spacial score (nSPS) is 15.8. The van der Waals surface area contributed by atoms with E-state index in [1.807, 2.05) is 30.7 Å². The van der Waals surface area contributed by atoms with Gasteiger partial charge in [0.15, 0.2) is 5.78 Å². The molecule has 0 aromatic heterocycles. The van der Waals surface area contributed by atoms with Crippen LogP contribution >= 0.6 is 0 Å². The van der Waals surface area contributed by atoms with E-state index in [1.54, 1.807) is 11.8 Å². The molecule has 89 valence electrons. The summed E-state index contributed by atoms with van der Waals surface area (Å²) in [4.78, 5) is 25.5. The Labute approximate surface area is 101 Å². The smallest absolute Gasteiger partial charge is 0.312 e. The van der Waals surface area contributed by atoms with Crippen molar-refractivity contribution in [1.82, 2.24) is 4.90 Å². The largest absolute Gasteiger partial charge is 0.368 e. The number of Topliss-reactive ketones (excluding diaryl/α,β-unsaturated/α-hetero) is 1. The molecule has 4 nitrogen and oxygen atoms in total. The molecule has 0 aliphatic carbocycles. The van der Waals surface area contributed by atoms with Crippen LogP contribution in [0.15, 0.2) is 24.3 Å². The quantitative estimate of drug-likeness (QED) is 0.731. The minimum absolute atomic E-state index is 0.0805. The van der Waals surface area contributed by atoms with Crippen LogP contribution < -0.4 is 4.90 Å². The summed E-state index contributed by atoms with van der Waals surface area (Å²) in [6, 6.07) is 7.60. The maximum Gasteiger partial charge on any atom is 0.312 e. The lowest BCUT2D eigenvalue weighted by molar-refractivity contribution is 0.101. The predicted molar refractivity (Wildman–Crippen MR) is 65.9 cm³/mol. The van der Waals surface area contributed by atoms with Crippen LogP contribution in [0.3, 0.4) is 0 Å². The molecule has 0 unspecified atom stereocenters. The topological polar surface area (TPSA) is 40.6 Å². The highest BCUT2D eigenvalue weighted by molar-refractivity contribution is 5.94. The first-order valence-corrected chi connectivity index (χ1v) is 5.69. The fraction of sp³-hybridized carbons (Fsp3) is 0.385. The van der Waals surface area contributed by atoms with Crippen molar-refractivity contribution in [2.24, 2.45) is 0 Å². The highest BCUT2D eigenvalue weighted by atomic mass is 16.1. The molecule has 0 spiro atoms. The molecule has 1 heterocycles. The lowest BCUT2D eigenvalue weighted by atomic mass is 10.1. The highest BCUT2D eigenvalue weighted by Crippen LogP contribution is 2.17. The van der Waals surface area contributed by atoms with Crippen LogP contribution in [-0.4, -0.2) is 43.3 Å². The summed E-state index contributed by atoms with van der Waals surface area (Å²) in [6.45, 7) is 4.60. The van der Waals surface area contributed by atoms with Gasteiger partial charge in [-0.2, -0.15) is 0 Å². The summed E-state index contributed by atoms with van der Waals surface area (Å²) in [5.74, 6) is 0.0805. The van der Waals surface area contributed by atoms with Gasteiger partial charge >= 0.3 is 6.41 Å². The Hall–Kier alpha value is -1.84. The lowest BCUT2D eigenvalue weighted by Gasteiger charge is -2.33. The van der Waals surface area contributed by atoms with Gasteiger partial charge in [0.2, 0.25) is 0 Å². The average Bonchev–Trinajstić information content (AvgIpc) is 2.39. The highest BCUT2D eigenvalue weighted by Gasteiger charge is 2.16. The Kier molecular flexibility index (Phi) is 3.42. The minimum Gasteiger partial charge on any atom is -0.368 e. The molecule has 4 heteroatoms. The van der Waals surface area contributed by atoms with Crippen LogP contribution in [0.25, 0.3) is 0 Å². The first-order valence-electron chi connectivity index (χ1n) is 5.69. The number of rotatable bonds is 3. The van der Waals surface area contributed by atoms with Crippen molar-refractivity contribution >= 4 is 17.9 Å². The number of nitrogens with zero attached hydrogens (tertiary/aromatic N) is 2. The first kappa shape index (κ1) is 11.6. The van der Waals surface area contributed by atoms with Crippen molar-refractivity contribution in [3.63, 3.8) is 0 Å². The van der Waals surface area contributed by atoms with E-state index >= 15 is 0 Å². The standard InChI is InChI=1S/C13H15N2O2/c1-11(17)12-2-4-13(5-3-12)15-8-6-14(10-16)7-9-15/h2-5H,6-9H2,1H3. The molecule has 1 aromatic rings. The molecular formula is C13H15N2O2. The second-order valence-corrected chi connectivity index (χ2v) is 4.17. The zero-order valence-corrected chi connectivity index (χ0v) is 9.85. The number of piperazine rings is 1. The third kappa shape index (κ3) is 2.64. The van der Waals surface area contributed by atoms with E-state index in [0.29, 0.717) is 13.1 Å². The zero-order chi connectivity index (χ0) is 12.3. The molecule has 1 aromatic carbocycles. The van der Waals surface area contributed by atoms with Crippen molar-refractivity contribution < 1.29 is 9.59 Å². The molecule has 0 N–H and O–H groups in total. The van der Waals surface area contributed by atoms with Gasteiger partial charge in [0.1, 0.15) is 0 Å². The zero-order valence-electron chi connectivity index (χ0n) is 9.85. The number of anilines is 1. The van der Waals surface area contributed by atoms with Gasteiger partial charge in [-0.15, -0.1) is 0 Å². The van der Waals surface area contributed by atoms with E-state index in [0.717, 1.165) is 24.3 Å². The molecule has 2 rings (SSSR count). The van der Waals surface area contributed by atoms with Crippen molar-refractivity contribution in [3.05, 3.63) is 29.8 Å². The average molecular weight is 231 g/mol. The Morgan fingerprint density at radius 3 is 2.18 bits per heavy atom. The van der Waals surface area contributed by atoms with Crippen LogP contribution in [0.4, 0.5) is 5.69 Å². The predicted octanol–water partition coefficient (Wildman–Crippen LogP) is 1.08. The number of ketones is 1. The van der Waals surface area contributed by atoms with E-state index in [9.17, 15) is 9.59 Å². The van der Waals surface area contributed by atoms with E-state index in [1.165, 1.54) is 0 Å². The van der Waals surface area contributed by atoms with Gasteiger partial charge in [0, 0.05) is 37.4 Å². The van der Waals surface area contributed by atoms with Crippen LogP contribution in [0.5, 0.6) is 0 Å². The van der Waals surface area contributed by atoms with Gasteiger partial charge in [-0.1, -0.05) is 0 Å². The Balaban J connectivity index is 2.03. The third-order valence-corrected chi connectivity index (χ3v) is 3.05. The van der Waals surface area contributed by atoms with Crippen LogP contribution in [0.1, 0.15) is 17.3 Å². The summed E-state index contributed by atoms with van der Waals surface area (Å²) >= 11 is 0. The SMILES string of the molecule is CC(=O)c1ccc(N2CCN([C]=O)CC2)cc1. The summed E-state index contributed by atoms with van der Waals surface area (Å²) in [5.41, 5.74) is 1.83. The molecule has 0 saturated carbocycles. The molecule has 1 fully saturated rings. The number of carbonyl (C=O) groups excluding carboxylic acids is 2. The maximum absolute atomic E-state index is 11.2. The number of benzene rings is 1. The van der Waals surface area contributed by atoms with Crippen molar-refractivity contribution in [2.75, 3.05) is 31.1 Å². The van der Waals surface area contributed by atoms with Crippen molar-refractivity contribution in [1.29, 1.82) is 0 Å². The Morgan fingerprint density at radius 2 is 1.71 bits per heavy atom. The van der Waals surface area contributed by atoms with Crippen LogP contribution in [-0.2, 0) is 4.79 Å². The molecule has 1 saturated heterocycles. The molecule has 1 aliphatic rings. The molecule has 0 atom stereocenters. The summed E-state index contributed by atoms with van der Waals surface area (Å²) < 4.78 is 0. The fourth-order valence-corrected chi connectivity index (χ4v) is 1.96. The van der Waals surface area contributed by atoms with E-state index < -0.39 is 0 Å². The van der Waals surface area contributed by atoms with Gasteiger partial charge in [-0.3, -0.25) is 9.59 Å². The molecule has 1 amide bonds. The monoisotopic (exact) mass is 231 g/mol. The lowest BCUT2D eigenvalue weighted by Crippen LogP contribution is -2.45. The van der Waals surface area contributed by atoms with Gasteiger partial charge < -0.3 is 9.80 Å². The summed E-state index contributed by atoms with van der Waals surface area (Å²) in [7, 11) is 0. The van der Waals surface area contributed by atoms with Crippen LogP contribution in [0.2, 0.25) is 0 Å². The number of hydrogen-bond donors (Lipinski definition) is 0. The van der Waals surface area contributed by atoms with Crippen molar-refractivity contribution in [2.45, 2.75) is 6.92 Å². The molecule has 17 heavy (non-hydrogen) atoms. The number of carbonyl (C=O) groups is 1. The van der Waals surface area contributed by atoms with Gasteiger partial charge in [0.05, 0.1) is 0 Å². The summed E-state index contributed by atoms with van der Waals surface area (Å²) in [6.07, 6.45) is 1.91. The van der Waals surface area contributed by atoms with E-state index in [4.69, 9.17) is 0 Å². The minimum atomic E-state index is 0.0805. The van der Waals surface area contributed by atoms with Gasteiger partial charge in [0.25, 0.3) is 0 Å². The molecule has 1 aliphatic heterocycles. The maximum atomic E-state index is 11.2. The second kappa shape index (κ2) is 4.99. The molecular weight excluding hydrogens is 216 g/mol. The Morgan fingerprint density at radius 1 is 1.12 bits per heavy atom. The fourth-order valence-electron chi connectivity index (χ4n) is 1.96. The second-order valence-electron chi connectivity index (χ2n) is 4.17. The number of hydrogen-bond acceptors (Lipinski definition) is 3. The Bertz CT molecular complexity index is 406.